The Kier molecular flexibility index (Phi) is 3.37. The minimum Gasteiger partial charge on any atom is -0.481 e. The molecule has 0 bridgehead atoms. The maximum absolute atomic E-state index is 11.3. The first kappa shape index (κ1) is 11.2. The highest BCUT2D eigenvalue weighted by Gasteiger charge is 2.22. The van der Waals surface area contributed by atoms with Crippen molar-refractivity contribution in [2.24, 2.45) is 5.92 Å². The van der Waals surface area contributed by atoms with Crippen molar-refractivity contribution in [1.29, 1.82) is 0 Å². The van der Waals surface area contributed by atoms with Gasteiger partial charge in [0.15, 0.2) is 0 Å². The average molecular weight is 212 g/mol. The highest BCUT2D eigenvalue weighted by Crippen LogP contribution is 2.06. The van der Waals surface area contributed by atoms with Crippen molar-refractivity contribution in [1.82, 2.24) is 20.5 Å². The molecular weight excluding hydrogens is 200 g/mol. The quantitative estimate of drug-likeness (QED) is 0.594. The van der Waals surface area contributed by atoms with E-state index in [1.54, 1.807) is 6.92 Å². The van der Waals surface area contributed by atoms with E-state index in [0.717, 1.165) is 0 Å². The molecule has 2 unspecified atom stereocenters. The SMILES string of the molecule is CC(C(=O)O)C(=O)NC(C)c1ncn[nH]1. The van der Waals surface area contributed by atoms with E-state index in [-0.39, 0.29) is 6.04 Å². The fourth-order valence-electron chi connectivity index (χ4n) is 0.942. The lowest BCUT2D eigenvalue weighted by Crippen LogP contribution is -2.35. The van der Waals surface area contributed by atoms with Crippen LogP contribution in [0.5, 0.6) is 0 Å². The third kappa shape index (κ3) is 2.76. The summed E-state index contributed by atoms with van der Waals surface area (Å²) >= 11 is 0. The Balaban J connectivity index is 2.56. The van der Waals surface area contributed by atoms with Crippen LogP contribution in [0.3, 0.4) is 0 Å². The van der Waals surface area contributed by atoms with Crippen molar-refractivity contribution < 1.29 is 14.7 Å². The molecule has 1 aromatic rings. The highest BCUT2D eigenvalue weighted by molar-refractivity contribution is 5.96. The number of carboxylic acid groups (broad SMARTS) is 1. The summed E-state index contributed by atoms with van der Waals surface area (Å²) < 4.78 is 0. The van der Waals surface area contributed by atoms with Gasteiger partial charge in [-0.1, -0.05) is 0 Å². The largest absolute Gasteiger partial charge is 0.481 e. The molecular formula is C8H12N4O3. The molecule has 1 rings (SSSR count). The fraction of sp³-hybridized carbons (Fsp3) is 0.500. The first-order valence-corrected chi connectivity index (χ1v) is 4.40. The van der Waals surface area contributed by atoms with E-state index < -0.39 is 17.8 Å². The van der Waals surface area contributed by atoms with Crippen molar-refractivity contribution in [3.63, 3.8) is 0 Å². The molecule has 1 aromatic heterocycles. The first-order chi connectivity index (χ1) is 7.02. The smallest absolute Gasteiger partial charge is 0.315 e. The van der Waals surface area contributed by atoms with Crippen molar-refractivity contribution >= 4 is 11.9 Å². The molecule has 2 atom stereocenters. The molecule has 15 heavy (non-hydrogen) atoms. The zero-order chi connectivity index (χ0) is 11.4. The van der Waals surface area contributed by atoms with E-state index in [2.05, 4.69) is 20.5 Å². The maximum Gasteiger partial charge on any atom is 0.315 e. The molecule has 1 amide bonds. The van der Waals surface area contributed by atoms with E-state index in [1.807, 2.05) is 0 Å². The molecule has 82 valence electrons. The number of aromatic amines is 1. The molecule has 0 fully saturated rings. The van der Waals surface area contributed by atoms with Gasteiger partial charge in [-0.15, -0.1) is 0 Å². The van der Waals surface area contributed by atoms with E-state index in [4.69, 9.17) is 5.11 Å². The molecule has 7 nitrogen and oxygen atoms in total. The Morgan fingerprint density at radius 1 is 1.53 bits per heavy atom. The molecule has 0 aliphatic rings. The molecule has 0 saturated heterocycles. The fourth-order valence-corrected chi connectivity index (χ4v) is 0.942. The number of aliphatic carboxylic acids is 1. The minimum atomic E-state index is -1.16. The van der Waals surface area contributed by atoms with Gasteiger partial charge < -0.3 is 10.4 Å². The number of carbonyl (C=O) groups is 2. The van der Waals surface area contributed by atoms with Gasteiger partial charge in [-0.05, 0) is 13.8 Å². The number of amides is 1. The van der Waals surface area contributed by atoms with Crippen molar-refractivity contribution in [3.05, 3.63) is 12.2 Å². The van der Waals surface area contributed by atoms with Gasteiger partial charge in [0, 0.05) is 0 Å². The Bertz CT molecular complexity index is 349. The third-order valence-electron chi connectivity index (χ3n) is 1.97. The number of nitrogens with zero attached hydrogens (tertiary/aromatic N) is 2. The second-order valence-electron chi connectivity index (χ2n) is 3.16. The van der Waals surface area contributed by atoms with Gasteiger partial charge in [-0.25, -0.2) is 4.98 Å². The number of carboxylic acids is 1. The lowest BCUT2D eigenvalue weighted by Gasteiger charge is -2.12. The van der Waals surface area contributed by atoms with Gasteiger partial charge in [-0.2, -0.15) is 5.10 Å². The van der Waals surface area contributed by atoms with E-state index in [0.29, 0.717) is 5.82 Å². The molecule has 1 heterocycles. The lowest BCUT2D eigenvalue weighted by atomic mass is 10.1. The number of rotatable bonds is 4. The van der Waals surface area contributed by atoms with Gasteiger partial charge in [0.1, 0.15) is 18.1 Å². The summed E-state index contributed by atoms with van der Waals surface area (Å²) in [5, 5.41) is 17.3. The summed E-state index contributed by atoms with van der Waals surface area (Å²) in [5.74, 6) is -2.29. The van der Waals surface area contributed by atoms with Crippen LogP contribution in [0.2, 0.25) is 0 Å². The number of hydrogen-bond acceptors (Lipinski definition) is 4. The minimum absolute atomic E-state index is 0.387. The van der Waals surface area contributed by atoms with E-state index in [9.17, 15) is 9.59 Å². The Morgan fingerprint density at radius 2 is 2.20 bits per heavy atom. The molecule has 0 aliphatic heterocycles. The summed E-state index contributed by atoms with van der Waals surface area (Å²) in [5.41, 5.74) is 0. The summed E-state index contributed by atoms with van der Waals surface area (Å²) in [6.45, 7) is 3.01. The number of nitrogens with one attached hydrogen (secondary N) is 2. The number of carbonyl (C=O) groups excluding carboxylic acids is 1. The Labute approximate surface area is 85.9 Å². The molecule has 3 N–H and O–H groups in total. The summed E-state index contributed by atoms with van der Waals surface area (Å²) in [7, 11) is 0. The van der Waals surface area contributed by atoms with Crippen LogP contribution in [0.15, 0.2) is 6.33 Å². The van der Waals surface area contributed by atoms with Gasteiger partial charge in [0.25, 0.3) is 0 Å². The summed E-state index contributed by atoms with van der Waals surface area (Å²) in [6.07, 6.45) is 1.32. The van der Waals surface area contributed by atoms with Crippen LogP contribution in [0.25, 0.3) is 0 Å². The van der Waals surface area contributed by atoms with Gasteiger partial charge in [0.2, 0.25) is 5.91 Å². The standard InChI is InChI=1S/C8H12N4O3/c1-4(8(14)15)7(13)11-5(2)6-9-3-10-12-6/h3-5H,1-2H3,(H,11,13)(H,14,15)(H,9,10,12). The molecule has 0 aromatic carbocycles. The van der Waals surface area contributed by atoms with Crippen LogP contribution in [-0.4, -0.2) is 32.2 Å². The van der Waals surface area contributed by atoms with E-state index in [1.165, 1.54) is 13.3 Å². The molecule has 0 radical (unpaired) electrons. The van der Waals surface area contributed by atoms with Crippen LogP contribution >= 0.6 is 0 Å². The van der Waals surface area contributed by atoms with E-state index >= 15 is 0 Å². The maximum atomic E-state index is 11.3. The van der Waals surface area contributed by atoms with Crippen LogP contribution in [0.1, 0.15) is 25.7 Å². The number of hydrogen-bond donors (Lipinski definition) is 3. The Morgan fingerprint density at radius 3 is 2.67 bits per heavy atom. The second kappa shape index (κ2) is 4.54. The number of aromatic nitrogens is 3. The van der Waals surface area contributed by atoms with Crippen LogP contribution in [0, 0.1) is 5.92 Å². The molecule has 7 heteroatoms. The normalized spacial score (nSPS) is 14.3. The van der Waals surface area contributed by atoms with Gasteiger partial charge >= 0.3 is 5.97 Å². The summed E-state index contributed by atoms with van der Waals surface area (Å²) in [4.78, 5) is 25.7. The molecule has 0 spiro atoms. The first-order valence-electron chi connectivity index (χ1n) is 4.40. The van der Waals surface area contributed by atoms with Gasteiger partial charge in [0.05, 0.1) is 6.04 Å². The zero-order valence-corrected chi connectivity index (χ0v) is 8.39. The van der Waals surface area contributed by atoms with Crippen molar-refractivity contribution in [2.75, 3.05) is 0 Å². The van der Waals surface area contributed by atoms with Crippen molar-refractivity contribution in [2.45, 2.75) is 19.9 Å². The number of H-pyrrole nitrogens is 1. The zero-order valence-electron chi connectivity index (χ0n) is 8.39. The topological polar surface area (TPSA) is 108 Å². The monoisotopic (exact) mass is 212 g/mol. The van der Waals surface area contributed by atoms with Crippen LogP contribution < -0.4 is 5.32 Å². The molecule has 0 aliphatic carbocycles. The van der Waals surface area contributed by atoms with Crippen LogP contribution in [0.4, 0.5) is 0 Å². The highest BCUT2D eigenvalue weighted by atomic mass is 16.4. The van der Waals surface area contributed by atoms with Crippen molar-refractivity contribution in [3.8, 4) is 0 Å². The van der Waals surface area contributed by atoms with Crippen LogP contribution in [-0.2, 0) is 9.59 Å². The molecule has 0 saturated carbocycles. The lowest BCUT2D eigenvalue weighted by molar-refractivity contribution is -0.146. The Hall–Kier alpha value is -1.92. The second-order valence-corrected chi connectivity index (χ2v) is 3.16. The average Bonchev–Trinajstić information content (AvgIpc) is 2.68. The predicted octanol–water partition coefficient (Wildman–Crippen LogP) is -0.297. The van der Waals surface area contributed by atoms with Gasteiger partial charge in [-0.3, -0.25) is 14.7 Å². The summed E-state index contributed by atoms with van der Waals surface area (Å²) in [6, 6.07) is -0.387. The predicted molar refractivity (Wildman–Crippen MR) is 49.7 cm³/mol. The third-order valence-corrected chi connectivity index (χ3v) is 1.97.